The molecule has 2 amide bonds. The van der Waals surface area contributed by atoms with Crippen molar-refractivity contribution >= 4 is 28.5 Å². The lowest BCUT2D eigenvalue weighted by Crippen LogP contribution is -2.40. The second kappa shape index (κ2) is 13.2. The molecular formula is C32H35F2N5O3. The highest BCUT2D eigenvalue weighted by Crippen LogP contribution is 2.27. The van der Waals surface area contributed by atoms with Crippen LogP contribution in [0.5, 0.6) is 0 Å². The van der Waals surface area contributed by atoms with Gasteiger partial charge in [-0.25, -0.2) is 13.8 Å². The molecule has 1 aliphatic heterocycles. The molecule has 0 spiro atoms. The SMILES string of the molecule is COCc1nc2ccccc2n1CC(=O)N1CCN(Cc2ccccc2)CCCN(C(C)=O)c2cc(F)c(F)cc2C1. The normalized spacial score (nSPS) is 15.0. The van der Waals surface area contributed by atoms with E-state index < -0.39 is 11.6 Å². The van der Waals surface area contributed by atoms with E-state index in [0.29, 0.717) is 50.5 Å². The number of para-hydroxylation sites is 2. The first-order valence-corrected chi connectivity index (χ1v) is 14.1. The highest BCUT2D eigenvalue weighted by molar-refractivity contribution is 5.92. The van der Waals surface area contributed by atoms with Gasteiger partial charge in [-0.05, 0) is 35.7 Å². The molecule has 0 saturated carbocycles. The summed E-state index contributed by atoms with van der Waals surface area (Å²) in [6, 6.07) is 19.8. The Morgan fingerprint density at radius 2 is 1.67 bits per heavy atom. The van der Waals surface area contributed by atoms with Crippen LogP contribution in [-0.2, 0) is 40.6 Å². The monoisotopic (exact) mass is 575 g/mol. The summed E-state index contributed by atoms with van der Waals surface area (Å²) >= 11 is 0. The number of imidazole rings is 1. The van der Waals surface area contributed by atoms with Crippen LogP contribution in [0.4, 0.5) is 14.5 Å². The maximum Gasteiger partial charge on any atom is 0.242 e. The fraction of sp³-hybridized carbons (Fsp3) is 0.344. The van der Waals surface area contributed by atoms with Gasteiger partial charge in [0.25, 0.3) is 0 Å². The molecule has 0 radical (unpaired) electrons. The molecule has 5 rings (SSSR count). The summed E-state index contributed by atoms with van der Waals surface area (Å²) < 4.78 is 36.2. The van der Waals surface area contributed by atoms with E-state index in [4.69, 9.17) is 4.74 Å². The molecule has 1 aromatic heterocycles. The molecule has 1 aliphatic rings. The average Bonchev–Trinajstić information content (AvgIpc) is 3.30. The number of anilines is 1. The van der Waals surface area contributed by atoms with E-state index >= 15 is 0 Å². The molecule has 0 aliphatic carbocycles. The van der Waals surface area contributed by atoms with E-state index in [1.807, 2.05) is 47.0 Å². The van der Waals surface area contributed by atoms with Crippen LogP contribution < -0.4 is 4.90 Å². The zero-order valence-corrected chi connectivity index (χ0v) is 23.9. The van der Waals surface area contributed by atoms with Gasteiger partial charge in [-0.15, -0.1) is 0 Å². The van der Waals surface area contributed by atoms with E-state index in [2.05, 4.69) is 22.0 Å². The number of hydrogen-bond acceptors (Lipinski definition) is 5. The van der Waals surface area contributed by atoms with Gasteiger partial charge in [-0.1, -0.05) is 42.5 Å². The second-order valence-electron chi connectivity index (χ2n) is 10.5. The van der Waals surface area contributed by atoms with Crippen molar-refractivity contribution in [3.63, 3.8) is 0 Å². The van der Waals surface area contributed by atoms with E-state index in [1.165, 1.54) is 11.8 Å². The molecule has 0 atom stereocenters. The Balaban J connectivity index is 1.51. The van der Waals surface area contributed by atoms with E-state index in [0.717, 1.165) is 28.7 Å². The van der Waals surface area contributed by atoms with Crippen LogP contribution in [0.3, 0.4) is 0 Å². The lowest BCUT2D eigenvalue weighted by Gasteiger charge is -2.28. The number of ether oxygens (including phenoxy) is 1. The van der Waals surface area contributed by atoms with Gasteiger partial charge in [0.15, 0.2) is 11.6 Å². The number of fused-ring (bicyclic) bond motifs is 2. The molecule has 42 heavy (non-hydrogen) atoms. The van der Waals surface area contributed by atoms with Gasteiger partial charge in [0, 0.05) is 59.4 Å². The number of amides is 2. The molecular weight excluding hydrogens is 540 g/mol. The zero-order chi connectivity index (χ0) is 29.6. The van der Waals surface area contributed by atoms with Crippen molar-refractivity contribution < 1.29 is 23.1 Å². The minimum Gasteiger partial charge on any atom is -0.377 e. The van der Waals surface area contributed by atoms with Crippen molar-refractivity contribution in [2.75, 3.05) is 38.2 Å². The maximum absolute atomic E-state index is 14.6. The molecule has 8 nitrogen and oxygen atoms in total. The minimum absolute atomic E-state index is 0.00662. The van der Waals surface area contributed by atoms with E-state index in [9.17, 15) is 18.4 Å². The number of hydrogen-bond donors (Lipinski definition) is 0. The van der Waals surface area contributed by atoms with Gasteiger partial charge >= 0.3 is 0 Å². The molecule has 0 N–H and O–H groups in total. The van der Waals surface area contributed by atoms with Crippen molar-refractivity contribution in [3.8, 4) is 0 Å². The Morgan fingerprint density at radius 3 is 2.43 bits per heavy atom. The predicted molar refractivity (Wildman–Crippen MR) is 157 cm³/mol. The Hall–Kier alpha value is -4.15. The predicted octanol–water partition coefficient (Wildman–Crippen LogP) is 4.75. The number of aromatic nitrogens is 2. The van der Waals surface area contributed by atoms with E-state index in [1.54, 1.807) is 12.0 Å². The fourth-order valence-electron chi connectivity index (χ4n) is 5.50. The van der Waals surface area contributed by atoms with Crippen LogP contribution >= 0.6 is 0 Å². The number of methoxy groups -OCH3 is 1. The van der Waals surface area contributed by atoms with Gasteiger partial charge in [-0.3, -0.25) is 14.5 Å². The molecule has 4 aromatic rings. The lowest BCUT2D eigenvalue weighted by atomic mass is 10.1. The van der Waals surface area contributed by atoms with Crippen molar-refractivity contribution in [2.24, 2.45) is 0 Å². The number of halogens is 2. The molecule has 0 fully saturated rings. The van der Waals surface area contributed by atoms with Gasteiger partial charge in [0.05, 0.1) is 16.7 Å². The third-order valence-electron chi connectivity index (χ3n) is 7.60. The molecule has 3 aromatic carbocycles. The van der Waals surface area contributed by atoms with Crippen LogP contribution in [0.2, 0.25) is 0 Å². The first-order valence-electron chi connectivity index (χ1n) is 14.1. The van der Waals surface area contributed by atoms with E-state index in [-0.39, 0.29) is 37.2 Å². The molecule has 0 unspecified atom stereocenters. The van der Waals surface area contributed by atoms with Crippen LogP contribution in [0.15, 0.2) is 66.7 Å². The van der Waals surface area contributed by atoms with Crippen LogP contribution in [0, 0.1) is 11.6 Å². The van der Waals surface area contributed by atoms with Crippen molar-refractivity contribution in [2.45, 2.75) is 39.6 Å². The highest BCUT2D eigenvalue weighted by Gasteiger charge is 2.25. The smallest absolute Gasteiger partial charge is 0.242 e. The van der Waals surface area contributed by atoms with Crippen LogP contribution in [-0.4, -0.2) is 64.5 Å². The topological polar surface area (TPSA) is 70.9 Å². The van der Waals surface area contributed by atoms with Gasteiger partial charge in [0.1, 0.15) is 19.0 Å². The van der Waals surface area contributed by atoms with Crippen LogP contribution in [0.25, 0.3) is 11.0 Å². The molecule has 220 valence electrons. The summed E-state index contributed by atoms with van der Waals surface area (Å²) in [5, 5.41) is 0. The highest BCUT2D eigenvalue weighted by atomic mass is 19.2. The second-order valence-corrected chi connectivity index (χ2v) is 10.5. The number of rotatable bonds is 6. The Bertz CT molecular complexity index is 1560. The summed E-state index contributed by atoms with van der Waals surface area (Å²) in [5.74, 6) is -1.92. The minimum atomic E-state index is -1.03. The molecule has 0 saturated heterocycles. The standard InChI is InChI=1S/C32H35F2N5O3/c1-23(40)38-14-8-13-36(19-24-9-4-3-5-10-24)15-16-37(20-25-17-26(33)27(34)18-30(25)38)32(41)21-39-29-12-7-6-11-28(29)35-31(39)22-42-2/h3-7,9-12,17-18H,8,13-16,19-22H2,1-2H3. The average molecular weight is 576 g/mol. The summed E-state index contributed by atoms with van der Waals surface area (Å²) in [6.07, 6.45) is 0.625. The summed E-state index contributed by atoms with van der Waals surface area (Å²) in [4.78, 5) is 36.8. The summed E-state index contributed by atoms with van der Waals surface area (Å²) in [7, 11) is 1.58. The molecule has 2 heterocycles. The summed E-state index contributed by atoms with van der Waals surface area (Å²) in [5.41, 5.74) is 3.35. The van der Waals surface area contributed by atoms with Gasteiger partial charge < -0.3 is 19.1 Å². The first-order chi connectivity index (χ1) is 20.3. The molecule has 10 heteroatoms. The third kappa shape index (κ3) is 6.66. The van der Waals surface area contributed by atoms with Crippen molar-refractivity contribution in [3.05, 3.63) is 95.3 Å². The van der Waals surface area contributed by atoms with Gasteiger partial charge in [0.2, 0.25) is 11.8 Å². The summed E-state index contributed by atoms with van der Waals surface area (Å²) in [6.45, 7) is 4.24. The lowest BCUT2D eigenvalue weighted by molar-refractivity contribution is -0.132. The van der Waals surface area contributed by atoms with Gasteiger partial charge in [-0.2, -0.15) is 0 Å². The Morgan fingerprint density at radius 1 is 0.929 bits per heavy atom. The quantitative estimate of drug-likeness (QED) is 0.332. The first kappa shape index (κ1) is 29.3. The number of carbonyl (C=O) groups is 2. The fourth-order valence-corrected chi connectivity index (χ4v) is 5.50. The maximum atomic E-state index is 14.6. The number of benzene rings is 3. The largest absolute Gasteiger partial charge is 0.377 e. The van der Waals surface area contributed by atoms with Crippen molar-refractivity contribution in [1.29, 1.82) is 0 Å². The Kier molecular flexibility index (Phi) is 9.24. The number of nitrogens with zero attached hydrogens (tertiary/aromatic N) is 5. The van der Waals surface area contributed by atoms with Crippen LogP contribution in [0.1, 0.15) is 30.3 Å². The Labute approximate surface area is 244 Å². The van der Waals surface area contributed by atoms with Crippen molar-refractivity contribution in [1.82, 2.24) is 19.4 Å². The number of carbonyl (C=O) groups excluding carboxylic acids is 2. The zero-order valence-electron chi connectivity index (χ0n) is 23.9. The molecule has 0 bridgehead atoms. The third-order valence-corrected chi connectivity index (χ3v) is 7.60.